The topological polar surface area (TPSA) is 61.1 Å². The second-order valence-corrected chi connectivity index (χ2v) is 4.99. The van der Waals surface area contributed by atoms with Gasteiger partial charge < -0.3 is 10.3 Å². The van der Waals surface area contributed by atoms with E-state index in [1.165, 1.54) is 0 Å². The Balaban J connectivity index is 2.29. The lowest BCUT2D eigenvalue weighted by molar-refractivity contribution is 0.605. The third-order valence-electron chi connectivity index (χ3n) is 3.34. The number of aromatic nitrogens is 4. The fourth-order valence-corrected chi connectivity index (χ4v) is 2.37. The molecule has 5 nitrogen and oxygen atoms in total. The first kappa shape index (κ1) is 11.8. The molecule has 0 saturated heterocycles. The number of fused-ring (bicyclic) bond motifs is 1. The zero-order valence-corrected chi connectivity index (χ0v) is 11.3. The molecule has 3 aromatic rings. The molecule has 0 aliphatic heterocycles. The Morgan fingerprint density at radius 3 is 2.74 bits per heavy atom. The highest BCUT2D eigenvalue weighted by Crippen LogP contribution is 2.28. The minimum absolute atomic E-state index is 0.322. The standard InChI is InChI=1S/C14H17N5/c1-9(2)18-8-16-7-11(18)13-14(15)19-10(3)5-4-6-12(19)17-13/h4-9H,15H2,1-3H3. The molecular formula is C14H17N5. The van der Waals surface area contributed by atoms with E-state index in [0.29, 0.717) is 11.9 Å². The molecule has 0 atom stereocenters. The number of imidazole rings is 2. The highest BCUT2D eigenvalue weighted by molar-refractivity contribution is 5.73. The van der Waals surface area contributed by atoms with Crippen molar-refractivity contribution in [3.63, 3.8) is 0 Å². The summed E-state index contributed by atoms with van der Waals surface area (Å²) in [5, 5.41) is 0. The SMILES string of the molecule is Cc1cccc2nc(-c3cncn3C(C)C)c(N)n12. The maximum Gasteiger partial charge on any atom is 0.139 e. The van der Waals surface area contributed by atoms with Gasteiger partial charge in [-0.25, -0.2) is 9.97 Å². The van der Waals surface area contributed by atoms with Gasteiger partial charge in [-0.2, -0.15) is 0 Å². The van der Waals surface area contributed by atoms with Crippen molar-refractivity contribution in [3.05, 3.63) is 36.4 Å². The van der Waals surface area contributed by atoms with Crippen LogP contribution in [0, 0.1) is 6.92 Å². The molecule has 2 N–H and O–H groups in total. The van der Waals surface area contributed by atoms with Crippen LogP contribution in [0.25, 0.3) is 17.0 Å². The smallest absolute Gasteiger partial charge is 0.139 e. The summed E-state index contributed by atoms with van der Waals surface area (Å²) in [6, 6.07) is 6.29. The molecule has 19 heavy (non-hydrogen) atoms. The average molecular weight is 255 g/mol. The van der Waals surface area contributed by atoms with Crippen LogP contribution >= 0.6 is 0 Å². The summed E-state index contributed by atoms with van der Waals surface area (Å²) >= 11 is 0. The van der Waals surface area contributed by atoms with Gasteiger partial charge in [0.25, 0.3) is 0 Å². The molecule has 0 fully saturated rings. The van der Waals surface area contributed by atoms with Crippen LogP contribution in [0.4, 0.5) is 5.82 Å². The fourth-order valence-electron chi connectivity index (χ4n) is 2.37. The summed E-state index contributed by atoms with van der Waals surface area (Å²) in [4.78, 5) is 8.85. The van der Waals surface area contributed by atoms with Crippen molar-refractivity contribution in [2.75, 3.05) is 5.73 Å². The van der Waals surface area contributed by atoms with Gasteiger partial charge in [0.2, 0.25) is 0 Å². The molecule has 0 amide bonds. The van der Waals surface area contributed by atoms with Gasteiger partial charge >= 0.3 is 0 Å². The van der Waals surface area contributed by atoms with Gasteiger partial charge in [-0.05, 0) is 32.9 Å². The van der Waals surface area contributed by atoms with E-state index >= 15 is 0 Å². The van der Waals surface area contributed by atoms with Crippen molar-refractivity contribution in [1.82, 2.24) is 18.9 Å². The maximum absolute atomic E-state index is 6.26. The van der Waals surface area contributed by atoms with Crippen LogP contribution in [0.15, 0.2) is 30.7 Å². The van der Waals surface area contributed by atoms with Gasteiger partial charge in [-0.1, -0.05) is 6.07 Å². The molecular weight excluding hydrogens is 238 g/mol. The van der Waals surface area contributed by atoms with E-state index < -0.39 is 0 Å². The Hall–Kier alpha value is -2.30. The molecule has 3 aromatic heterocycles. The molecule has 0 spiro atoms. The quantitative estimate of drug-likeness (QED) is 0.765. The van der Waals surface area contributed by atoms with E-state index in [1.54, 1.807) is 0 Å². The van der Waals surface area contributed by atoms with Gasteiger partial charge in [0, 0.05) is 11.7 Å². The predicted molar refractivity (Wildman–Crippen MR) is 75.9 cm³/mol. The second kappa shape index (κ2) is 4.12. The van der Waals surface area contributed by atoms with Crippen LogP contribution in [0.3, 0.4) is 0 Å². The number of rotatable bonds is 2. The Morgan fingerprint density at radius 2 is 2.05 bits per heavy atom. The molecule has 0 radical (unpaired) electrons. The van der Waals surface area contributed by atoms with Gasteiger partial charge in [0.15, 0.2) is 0 Å². The molecule has 3 heterocycles. The fraction of sp³-hybridized carbons (Fsp3) is 0.286. The average Bonchev–Trinajstić information content (AvgIpc) is 2.94. The number of aryl methyl sites for hydroxylation is 1. The van der Waals surface area contributed by atoms with Gasteiger partial charge in [0.05, 0.1) is 18.2 Å². The van der Waals surface area contributed by atoms with E-state index in [2.05, 4.69) is 28.4 Å². The first-order valence-electron chi connectivity index (χ1n) is 6.35. The van der Waals surface area contributed by atoms with Gasteiger partial charge in [-0.15, -0.1) is 0 Å². The molecule has 0 aliphatic rings. The van der Waals surface area contributed by atoms with E-state index in [4.69, 9.17) is 5.73 Å². The molecule has 3 rings (SSSR count). The largest absolute Gasteiger partial charge is 0.383 e. The number of hydrogen-bond donors (Lipinski definition) is 1. The summed E-state index contributed by atoms with van der Waals surface area (Å²) in [6.07, 6.45) is 3.63. The summed E-state index contributed by atoms with van der Waals surface area (Å²) < 4.78 is 4.04. The Labute approximate surface area is 111 Å². The Kier molecular flexibility index (Phi) is 2.55. The van der Waals surface area contributed by atoms with Crippen molar-refractivity contribution >= 4 is 11.5 Å². The maximum atomic E-state index is 6.26. The van der Waals surface area contributed by atoms with E-state index in [1.807, 2.05) is 42.0 Å². The molecule has 98 valence electrons. The van der Waals surface area contributed by atoms with Crippen molar-refractivity contribution in [3.8, 4) is 11.4 Å². The van der Waals surface area contributed by atoms with Crippen molar-refractivity contribution < 1.29 is 0 Å². The first-order chi connectivity index (χ1) is 9.09. The lowest BCUT2D eigenvalue weighted by Crippen LogP contribution is -2.03. The van der Waals surface area contributed by atoms with Crippen LogP contribution in [-0.2, 0) is 0 Å². The van der Waals surface area contributed by atoms with Gasteiger partial charge in [-0.3, -0.25) is 4.40 Å². The second-order valence-electron chi connectivity index (χ2n) is 4.99. The molecule has 0 aliphatic carbocycles. The minimum atomic E-state index is 0.322. The van der Waals surface area contributed by atoms with Crippen LogP contribution in [0.1, 0.15) is 25.6 Å². The van der Waals surface area contributed by atoms with Crippen LogP contribution in [-0.4, -0.2) is 18.9 Å². The summed E-state index contributed by atoms with van der Waals surface area (Å²) in [7, 11) is 0. The lowest BCUT2D eigenvalue weighted by Gasteiger charge is -2.10. The minimum Gasteiger partial charge on any atom is -0.383 e. The third-order valence-corrected chi connectivity index (χ3v) is 3.34. The summed E-state index contributed by atoms with van der Waals surface area (Å²) in [6.45, 7) is 6.25. The highest BCUT2D eigenvalue weighted by atomic mass is 15.1. The first-order valence-corrected chi connectivity index (χ1v) is 6.35. The Bertz CT molecular complexity index is 735. The van der Waals surface area contributed by atoms with Crippen molar-refractivity contribution in [1.29, 1.82) is 0 Å². The number of nitrogens with two attached hydrogens (primary N) is 1. The zero-order valence-electron chi connectivity index (χ0n) is 11.3. The number of nitrogen functional groups attached to an aromatic ring is 1. The highest BCUT2D eigenvalue weighted by Gasteiger charge is 2.16. The number of pyridine rings is 1. The molecule has 0 unspecified atom stereocenters. The third kappa shape index (κ3) is 1.69. The van der Waals surface area contributed by atoms with Crippen molar-refractivity contribution in [2.24, 2.45) is 0 Å². The predicted octanol–water partition coefficient (Wildman–Crippen LogP) is 2.67. The van der Waals surface area contributed by atoms with Crippen LogP contribution in [0.5, 0.6) is 0 Å². The molecule has 5 heteroatoms. The normalized spacial score (nSPS) is 11.6. The van der Waals surface area contributed by atoms with E-state index in [-0.39, 0.29) is 0 Å². The van der Waals surface area contributed by atoms with Gasteiger partial charge in [0.1, 0.15) is 17.2 Å². The zero-order chi connectivity index (χ0) is 13.6. The Morgan fingerprint density at radius 1 is 1.26 bits per heavy atom. The number of nitrogens with zero attached hydrogens (tertiary/aromatic N) is 4. The van der Waals surface area contributed by atoms with Crippen LogP contribution in [0.2, 0.25) is 0 Å². The van der Waals surface area contributed by atoms with E-state index in [9.17, 15) is 0 Å². The molecule has 0 saturated carbocycles. The van der Waals surface area contributed by atoms with Crippen LogP contribution < -0.4 is 5.73 Å². The number of anilines is 1. The summed E-state index contributed by atoms with van der Waals surface area (Å²) in [5.41, 5.74) is 9.94. The summed E-state index contributed by atoms with van der Waals surface area (Å²) in [5.74, 6) is 0.663. The molecule has 0 aromatic carbocycles. The lowest BCUT2D eigenvalue weighted by atomic mass is 10.3. The monoisotopic (exact) mass is 255 g/mol. The van der Waals surface area contributed by atoms with Crippen molar-refractivity contribution in [2.45, 2.75) is 26.8 Å². The number of hydrogen-bond acceptors (Lipinski definition) is 3. The molecule has 0 bridgehead atoms. The van der Waals surface area contributed by atoms with E-state index in [0.717, 1.165) is 22.7 Å².